The average Bonchev–Trinajstić information content (AvgIpc) is 3.24. The highest BCUT2D eigenvalue weighted by atomic mass is 31.2. The second-order valence-electron chi connectivity index (χ2n) is 17.8. The molecule has 2 atom stereocenters. The first-order valence-corrected chi connectivity index (χ1v) is 26.6. The van der Waals surface area contributed by atoms with Crippen molar-refractivity contribution < 1.29 is 42.1 Å². The van der Waals surface area contributed by atoms with Crippen LogP contribution in [0, 0.1) is 0 Å². The third-order valence-electron chi connectivity index (χ3n) is 10.5. The summed E-state index contributed by atoms with van der Waals surface area (Å²) in [6, 6.07) is 0. The summed E-state index contributed by atoms with van der Waals surface area (Å²) in [5.41, 5.74) is 0. The number of esters is 2. The largest absolute Gasteiger partial charge is 0.756 e. The summed E-state index contributed by atoms with van der Waals surface area (Å²) in [7, 11) is 1.15. The van der Waals surface area contributed by atoms with Crippen molar-refractivity contribution in [1.29, 1.82) is 0 Å². The summed E-state index contributed by atoms with van der Waals surface area (Å²) in [6.45, 7) is 4.06. The second kappa shape index (κ2) is 44.6. The molecule has 0 radical (unpaired) electrons. The standard InChI is InChI=1S/C53H94NO8P/c1-6-8-10-12-14-16-18-20-22-23-24-25-26-27-28-29-30-31-32-34-36-38-40-42-44-46-53(56)62-51(50-61-63(57,58)60-48-47-54(3,4)5)49-59-52(55)45-43-41-39-37-35-33-21-19-17-15-13-11-9-7-2/h8,10,13-16,19-22,24-25,51H,6-7,9,11-12,17-18,23,26-50H2,1-5H3/b10-8-,15-13-,16-14-,21-19-,22-20-,25-24-. The van der Waals surface area contributed by atoms with Crippen LogP contribution in [0.5, 0.6) is 0 Å². The quantitative estimate of drug-likeness (QED) is 0.0195. The minimum Gasteiger partial charge on any atom is -0.756 e. The third kappa shape index (κ3) is 48.7. The number of hydrogen-bond acceptors (Lipinski definition) is 8. The van der Waals surface area contributed by atoms with Gasteiger partial charge < -0.3 is 27.9 Å². The van der Waals surface area contributed by atoms with Gasteiger partial charge in [-0.15, -0.1) is 0 Å². The van der Waals surface area contributed by atoms with Crippen LogP contribution in [-0.2, 0) is 32.7 Å². The molecule has 2 unspecified atom stereocenters. The van der Waals surface area contributed by atoms with E-state index in [0.29, 0.717) is 23.9 Å². The maximum atomic E-state index is 12.7. The van der Waals surface area contributed by atoms with Crippen LogP contribution < -0.4 is 4.89 Å². The Hall–Kier alpha value is -2.55. The average molecular weight is 904 g/mol. The number of ether oxygens (including phenoxy) is 2. The molecule has 0 aliphatic carbocycles. The fourth-order valence-corrected chi connectivity index (χ4v) is 7.27. The Labute approximate surface area is 387 Å². The van der Waals surface area contributed by atoms with Crippen molar-refractivity contribution in [2.75, 3.05) is 47.5 Å². The van der Waals surface area contributed by atoms with Gasteiger partial charge in [-0.3, -0.25) is 14.2 Å². The zero-order valence-corrected chi connectivity index (χ0v) is 41.9. The van der Waals surface area contributed by atoms with Crippen molar-refractivity contribution in [2.45, 2.75) is 206 Å². The molecule has 0 N–H and O–H groups in total. The predicted octanol–water partition coefficient (Wildman–Crippen LogP) is 14.3. The molecule has 0 aromatic carbocycles. The molecule has 0 amide bonds. The number of rotatable bonds is 45. The molecule has 0 saturated carbocycles. The molecule has 0 aliphatic heterocycles. The SMILES string of the molecule is CC/C=C\C/C=C\C/C=C\C/C=C\CCCCCCCCCCCCCCC(=O)OC(COC(=O)CCCCCCC/C=C\C/C=C\CCCC)COP(=O)([O-])OCC[N+](C)(C)C. The van der Waals surface area contributed by atoms with Crippen LogP contribution in [0.2, 0.25) is 0 Å². The predicted molar refractivity (Wildman–Crippen MR) is 263 cm³/mol. The molecule has 0 rings (SSSR count). The zero-order valence-electron chi connectivity index (χ0n) is 41.0. The number of likely N-dealkylation sites (N-methyl/N-ethyl adjacent to an activating group) is 1. The molecule has 63 heavy (non-hydrogen) atoms. The van der Waals surface area contributed by atoms with E-state index in [-0.39, 0.29) is 26.1 Å². The zero-order chi connectivity index (χ0) is 46.4. The topological polar surface area (TPSA) is 111 Å². The normalized spacial score (nSPS) is 14.1. The van der Waals surface area contributed by atoms with Crippen molar-refractivity contribution in [2.24, 2.45) is 0 Å². The fraction of sp³-hybridized carbons (Fsp3) is 0.736. The van der Waals surface area contributed by atoms with Gasteiger partial charge in [-0.2, -0.15) is 0 Å². The van der Waals surface area contributed by atoms with E-state index in [1.54, 1.807) is 0 Å². The van der Waals surface area contributed by atoms with E-state index in [4.69, 9.17) is 18.5 Å². The van der Waals surface area contributed by atoms with Crippen LogP contribution >= 0.6 is 7.82 Å². The van der Waals surface area contributed by atoms with Gasteiger partial charge in [0, 0.05) is 12.8 Å². The van der Waals surface area contributed by atoms with E-state index in [2.05, 4.69) is 86.8 Å². The lowest BCUT2D eigenvalue weighted by atomic mass is 10.0. The van der Waals surface area contributed by atoms with Gasteiger partial charge in [0.25, 0.3) is 7.82 Å². The molecule has 0 bridgehead atoms. The number of phosphoric acid groups is 1. The number of nitrogens with zero attached hydrogens (tertiary/aromatic N) is 1. The highest BCUT2D eigenvalue weighted by Crippen LogP contribution is 2.38. The summed E-state index contributed by atoms with van der Waals surface area (Å²) in [5.74, 6) is -0.855. The van der Waals surface area contributed by atoms with Crippen molar-refractivity contribution in [3.05, 3.63) is 72.9 Å². The maximum Gasteiger partial charge on any atom is 0.306 e. The first-order valence-electron chi connectivity index (χ1n) is 25.1. The van der Waals surface area contributed by atoms with Gasteiger partial charge in [0.1, 0.15) is 19.8 Å². The number of hydrogen-bond donors (Lipinski definition) is 0. The molecule has 0 aliphatic rings. The molecule has 9 nitrogen and oxygen atoms in total. The smallest absolute Gasteiger partial charge is 0.306 e. The lowest BCUT2D eigenvalue weighted by Crippen LogP contribution is -2.37. The van der Waals surface area contributed by atoms with Crippen LogP contribution in [0.4, 0.5) is 0 Å². The molecular weight excluding hydrogens is 810 g/mol. The number of carbonyl (C=O) groups is 2. The van der Waals surface area contributed by atoms with Gasteiger partial charge in [0.2, 0.25) is 0 Å². The molecule has 0 aromatic rings. The lowest BCUT2D eigenvalue weighted by molar-refractivity contribution is -0.870. The van der Waals surface area contributed by atoms with E-state index in [9.17, 15) is 19.0 Å². The van der Waals surface area contributed by atoms with E-state index in [0.717, 1.165) is 89.9 Å². The van der Waals surface area contributed by atoms with Gasteiger partial charge >= 0.3 is 11.9 Å². The highest BCUT2D eigenvalue weighted by Gasteiger charge is 2.21. The molecule has 364 valence electrons. The van der Waals surface area contributed by atoms with E-state index >= 15 is 0 Å². The summed E-state index contributed by atoms with van der Waals surface area (Å²) in [5, 5.41) is 0. The Bertz CT molecular complexity index is 1300. The van der Waals surface area contributed by atoms with E-state index < -0.39 is 32.5 Å². The molecule has 0 heterocycles. The van der Waals surface area contributed by atoms with Gasteiger partial charge in [0.05, 0.1) is 27.7 Å². The third-order valence-corrected chi connectivity index (χ3v) is 11.4. The van der Waals surface area contributed by atoms with Crippen LogP contribution in [-0.4, -0.2) is 70.0 Å². The number of phosphoric ester groups is 1. The Morgan fingerprint density at radius 1 is 0.508 bits per heavy atom. The van der Waals surface area contributed by atoms with Crippen LogP contribution in [0.15, 0.2) is 72.9 Å². The van der Waals surface area contributed by atoms with Crippen molar-refractivity contribution >= 4 is 19.8 Å². The Morgan fingerprint density at radius 2 is 0.905 bits per heavy atom. The Balaban J connectivity index is 4.23. The monoisotopic (exact) mass is 904 g/mol. The summed E-state index contributed by atoms with van der Waals surface area (Å²) in [6.07, 6.45) is 56.5. The van der Waals surface area contributed by atoms with Gasteiger partial charge in [0.15, 0.2) is 6.10 Å². The van der Waals surface area contributed by atoms with Crippen LogP contribution in [0.1, 0.15) is 200 Å². The van der Waals surface area contributed by atoms with E-state index in [1.165, 1.54) is 70.6 Å². The molecule has 10 heteroatoms. The molecular formula is C53H94NO8P. The second-order valence-corrected chi connectivity index (χ2v) is 19.2. The summed E-state index contributed by atoms with van der Waals surface area (Å²) < 4.78 is 34.0. The molecule has 0 fully saturated rings. The van der Waals surface area contributed by atoms with Crippen LogP contribution in [0.25, 0.3) is 0 Å². The van der Waals surface area contributed by atoms with Gasteiger partial charge in [-0.1, -0.05) is 183 Å². The number of unbranched alkanes of at least 4 members (excludes halogenated alkanes) is 19. The van der Waals surface area contributed by atoms with Gasteiger partial charge in [-0.05, 0) is 77.0 Å². The molecule has 0 aromatic heterocycles. The van der Waals surface area contributed by atoms with Crippen molar-refractivity contribution in [1.82, 2.24) is 0 Å². The minimum atomic E-state index is -4.64. The number of carbonyl (C=O) groups excluding carboxylic acids is 2. The Kier molecular flexibility index (Phi) is 42.8. The minimum absolute atomic E-state index is 0.0363. The Morgan fingerprint density at radius 3 is 1.35 bits per heavy atom. The highest BCUT2D eigenvalue weighted by molar-refractivity contribution is 7.45. The molecule has 0 saturated heterocycles. The first-order chi connectivity index (χ1) is 30.5. The fourth-order valence-electron chi connectivity index (χ4n) is 6.54. The number of allylic oxidation sites excluding steroid dienone is 12. The number of quaternary nitrogens is 1. The molecule has 0 spiro atoms. The lowest BCUT2D eigenvalue weighted by Gasteiger charge is -2.28. The first kappa shape index (κ1) is 60.5. The van der Waals surface area contributed by atoms with Gasteiger partial charge in [-0.25, -0.2) is 0 Å². The van der Waals surface area contributed by atoms with Crippen molar-refractivity contribution in [3.8, 4) is 0 Å². The maximum absolute atomic E-state index is 12.7. The van der Waals surface area contributed by atoms with E-state index in [1.807, 2.05) is 21.1 Å². The summed E-state index contributed by atoms with van der Waals surface area (Å²) in [4.78, 5) is 37.7. The van der Waals surface area contributed by atoms with Crippen molar-refractivity contribution in [3.63, 3.8) is 0 Å². The summed E-state index contributed by atoms with van der Waals surface area (Å²) >= 11 is 0. The van der Waals surface area contributed by atoms with Crippen LogP contribution in [0.3, 0.4) is 0 Å².